The Balaban J connectivity index is 1.77. The lowest BCUT2D eigenvalue weighted by Crippen LogP contribution is -2.14. The largest absolute Gasteiger partial charge is 0.504 e. The van der Waals surface area contributed by atoms with Crippen molar-refractivity contribution in [1.29, 1.82) is 0 Å². The molecule has 0 spiro atoms. The summed E-state index contributed by atoms with van der Waals surface area (Å²) < 4.78 is 5.78. The molecule has 0 amide bonds. The number of carbonyl (C=O) groups excluding carboxylic acids is 1. The molecule has 3 aromatic carbocycles. The van der Waals surface area contributed by atoms with E-state index in [1.54, 1.807) is 0 Å². The Morgan fingerprint density at radius 1 is 0.778 bits per heavy atom. The molecule has 0 heterocycles. The molecule has 0 bridgehead atoms. The van der Waals surface area contributed by atoms with Crippen LogP contribution < -0.4 is 0 Å². The topological polar surface area (TPSA) is 87.0 Å². The number of phenolic OH excluding ortho intramolecular Hbond substituents is 3. The van der Waals surface area contributed by atoms with Crippen LogP contribution in [-0.2, 0) is 4.74 Å². The van der Waals surface area contributed by atoms with E-state index in [2.05, 4.69) is 0 Å². The normalized spacial score (nSPS) is 12.7. The van der Waals surface area contributed by atoms with Crippen LogP contribution in [0.15, 0.2) is 60.7 Å². The molecule has 27 heavy (non-hydrogen) atoms. The summed E-state index contributed by atoms with van der Waals surface area (Å²) in [7, 11) is 0. The number of ether oxygens (including phenoxy) is 1. The highest BCUT2D eigenvalue weighted by atomic mass is 16.5. The minimum Gasteiger partial charge on any atom is -0.504 e. The molecule has 1 aliphatic carbocycles. The Morgan fingerprint density at radius 3 is 1.78 bits per heavy atom. The molecule has 0 unspecified atom stereocenters. The first-order valence-corrected chi connectivity index (χ1v) is 8.36. The standard InChI is InChI=1S/C22H16O5/c23-18-11-15(12-19(24)20(18)25)22(26)27-21-16-7-3-1-5-13(16)9-10-14-6-2-4-8-17(14)21/h1-12,21,23-25H. The number of rotatable bonds is 2. The molecule has 0 aliphatic heterocycles. The zero-order valence-corrected chi connectivity index (χ0v) is 14.2. The van der Waals surface area contributed by atoms with Crippen molar-refractivity contribution in [3.8, 4) is 17.2 Å². The molecule has 5 nitrogen and oxygen atoms in total. The molecule has 3 N–H and O–H groups in total. The quantitative estimate of drug-likeness (QED) is 0.470. The summed E-state index contributed by atoms with van der Waals surface area (Å²) in [6.07, 6.45) is 3.29. The Labute approximate surface area is 155 Å². The number of phenols is 3. The van der Waals surface area contributed by atoms with Crippen LogP contribution in [-0.4, -0.2) is 21.3 Å². The first kappa shape index (κ1) is 16.7. The van der Waals surface area contributed by atoms with Crippen molar-refractivity contribution < 1.29 is 24.9 Å². The van der Waals surface area contributed by atoms with E-state index in [-0.39, 0.29) is 5.56 Å². The van der Waals surface area contributed by atoms with E-state index in [9.17, 15) is 20.1 Å². The highest BCUT2D eigenvalue weighted by Gasteiger charge is 2.26. The van der Waals surface area contributed by atoms with Gasteiger partial charge in [-0.1, -0.05) is 60.7 Å². The summed E-state index contributed by atoms with van der Waals surface area (Å²) in [6.45, 7) is 0. The molecule has 1 aliphatic rings. The van der Waals surface area contributed by atoms with Crippen LogP contribution >= 0.6 is 0 Å². The van der Waals surface area contributed by atoms with Crippen molar-refractivity contribution in [3.05, 3.63) is 88.5 Å². The van der Waals surface area contributed by atoms with Crippen molar-refractivity contribution >= 4 is 18.1 Å². The second-order valence-electron chi connectivity index (χ2n) is 6.24. The second kappa shape index (κ2) is 6.53. The lowest BCUT2D eigenvalue weighted by atomic mass is 9.96. The third kappa shape index (κ3) is 3.00. The van der Waals surface area contributed by atoms with Gasteiger partial charge in [0.2, 0.25) is 0 Å². The van der Waals surface area contributed by atoms with Crippen molar-refractivity contribution in [2.75, 3.05) is 0 Å². The van der Waals surface area contributed by atoms with Crippen LogP contribution in [0.4, 0.5) is 0 Å². The number of fused-ring (bicyclic) bond motifs is 2. The second-order valence-corrected chi connectivity index (χ2v) is 6.24. The molecular weight excluding hydrogens is 344 g/mol. The number of carbonyl (C=O) groups is 1. The predicted molar refractivity (Wildman–Crippen MR) is 101 cm³/mol. The number of hydrogen-bond acceptors (Lipinski definition) is 5. The maximum Gasteiger partial charge on any atom is 0.339 e. The number of esters is 1. The maximum atomic E-state index is 12.7. The molecule has 0 saturated heterocycles. The first-order chi connectivity index (χ1) is 13.0. The fraction of sp³-hybridized carbons (Fsp3) is 0.0455. The zero-order valence-electron chi connectivity index (χ0n) is 14.2. The van der Waals surface area contributed by atoms with E-state index < -0.39 is 29.3 Å². The Kier molecular flexibility index (Phi) is 4.05. The molecule has 134 valence electrons. The Hall–Kier alpha value is -3.73. The van der Waals surface area contributed by atoms with Crippen LogP contribution in [0.2, 0.25) is 0 Å². The number of aromatic hydroxyl groups is 3. The van der Waals surface area contributed by atoms with Crippen molar-refractivity contribution in [1.82, 2.24) is 0 Å². The zero-order chi connectivity index (χ0) is 19.0. The van der Waals surface area contributed by atoms with Gasteiger partial charge in [0.25, 0.3) is 0 Å². The lowest BCUT2D eigenvalue weighted by molar-refractivity contribution is 0.0377. The maximum absolute atomic E-state index is 12.7. The van der Waals surface area contributed by atoms with Crippen LogP contribution in [0.25, 0.3) is 12.2 Å². The summed E-state index contributed by atoms with van der Waals surface area (Å²) in [5, 5.41) is 28.8. The molecule has 4 rings (SSSR count). The van der Waals surface area contributed by atoms with Crippen LogP contribution in [0.1, 0.15) is 38.7 Å². The van der Waals surface area contributed by atoms with Crippen LogP contribution in [0, 0.1) is 0 Å². The highest BCUT2D eigenvalue weighted by Crippen LogP contribution is 2.38. The smallest absolute Gasteiger partial charge is 0.339 e. The van der Waals surface area contributed by atoms with E-state index in [0.29, 0.717) is 0 Å². The summed E-state index contributed by atoms with van der Waals surface area (Å²) in [6, 6.07) is 17.4. The van der Waals surface area contributed by atoms with E-state index in [1.165, 1.54) is 0 Å². The van der Waals surface area contributed by atoms with Crippen LogP contribution in [0.3, 0.4) is 0 Å². The molecule has 0 radical (unpaired) electrons. The van der Waals surface area contributed by atoms with Gasteiger partial charge < -0.3 is 20.1 Å². The van der Waals surface area contributed by atoms with Gasteiger partial charge >= 0.3 is 5.97 Å². The average Bonchev–Trinajstić information content (AvgIpc) is 2.83. The number of hydrogen-bond donors (Lipinski definition) is 3. The summed E-state index contributed by atoms with van der Waals surface area (Å²) in [5.74, 6) is -2.59. The van der Waals surface area contributed by atoms with E-state index >= 15 is 0 Å². The van der Waals surface area contributed by atoms with Gasteiger partial charge in [-0.3, -0.25) is 0 Å². The summed E-state index contributed by atoms with van der Waals surface area (Å²) in [5.41, 5.74) is 3.47. The fourth-order valence-electron chi connectivity index (χ4n) is 3.17. The summed E-state index contributed by atoms with van der Waals surface area (Å²) in [4.78, 5) is 12.7. The Bertz CT molecular complexity index is 995. The van der Waals surface area contributed by atoms with Gasteiger partial charge in [0.05, 0.1) is 5.56 Å². The minimum atomic E-state index is -0.725. The molecular formula is C22H16O5. The monoisotopic (exact) mass is 360 g/mol. The van der Waals surface area contributed by atoms with Gasteiger partial charge in [0, 0.05) is 11.1 Å². The number of benzene rings is 3. The van der Waals surface area contributed by atoms with Crippen molar-refractivity contribution in [3.63, 3.8) is 0 Å². The molecule has 0 atom stereocenters. The summed E-state index contributed by atoms with van der Waals surface area (Å²) >= 11 is 0. The highest BCUT2D eigenvalue weighted by molar-refractivity contribution is 5.91. The molecule has 3 aromatic rings. The third-order valence-electron chi connectivity index (χ3n) is 4.53. The average molecular weight is 360 g/mol. The van der Waals surface area contributed by atoms with Gasteiger partial charge in [-0.2, -0.15) is 0 Å². The van der Waals surface area contributed by atoms with E-state index in [1.807, 2.05) is 60.7 Å². The third-order valence-corrected chi connectivity index (χ3v) is 4.53. The van der Waals surface area contributed by atoms with Gasteiger partial charge in [0.1, 0.15) is 0 Å². The van der Waals surface area contributed by atoms with Gasteiger partial charge in [-0.25, -0.2) is 4.79 Å². The van der Waals surface area contributed by atoms with Gasteiger partial charge in [-0.15, -0.1) is 0 Å². The van der Waals surface area contributed by atoms with Crippen molar-refractivity contribution in [2.45, 2.75) is 6.10 Å². The SMILES string of the molecule is O=C(OC1c2ccccc2C=Cc2ccccc21)c1cc(O)c(O)c(O)c1. The van der Waals surface area contributed by atoms with Gasteiger partial charge in [0.15, 0.2) is 23.4 Å². The predicted octanol–water partition coefficient (Wildman–Crippen LogP) is 4.23. The van der Waals surface area contributed by atoms with E-state index in [0.717, 1.165) is 34.4 Å². The molecule has 5 heteroatoms. The Morgan fingerprint density at radius 2 is 1.26 bits per heavy atom. The van der Waals surface area contributed by atoms with Crippen LogP contribution in [0.5, 0.6) is 17.2 Å². The fourth-order valence-corrected chi connectivity index (χ4v) is 3.17. The van der Waals surface area contributed by atoms with E-state index in [4.69, 9.17) is 4.74 Å². The molecule has 0 saturated carbocycles. The van der Waals surface area contributed by atoms with Gasteiger partial charge in [-0.05, 0) is 23.3 Å². The molecule has 0 aromatic heterocycles. The lowest BCUT2D eigenvalue weighted by Gasteiger charge is -2.21. The minimum absolute atomic E-state index is 0.0602. The molecule has 0 fully saturated rings. The first-order valence-electron chi connectivity index (χ1n) is 8.36. The van der Waals surface area contributed by atoms with Crippen molar-refractivity contribution in [2.24, 2.45) is 0 Å².